The predicted octanol–water partition coefficient (Wildman–Crippen LogP) is 1.93. The molecule has 0 aromatic heterocycles. The fraction of sp³-hybridized carbons (Fsp3) is 0.929. The molecule has 1 aliphatic carbocycles. The first-order valence-electron chi connectivity index (χ1n) is 7.15. The molecule has 2 rings (SSSR count). The lowest BCUT2D eigenvalue weighted by atomic mass is 9.81. The van der Waals surface area contributed by atoms with E-state index in [4.69, 9.17) is 0 Å². The Morgan fingerprint density at radius 2 is 2.24 bits per heavy atom. The van der Waals surface area contributed by atoms with Crippen LogP contribution >= 0.6 is 0 Å². The zero-order valence-corrected chi connectivity index (χ0v) is 11.2. The van der Waals surface area contributed by atoms with Crippen LogP contribution in [-0.2, 0) is 4.79 Å². The molecule has 98 valence electrons. The van der Waals surface area contributed by atoms with Crippen LogP contribution in [0.25, 0.3) is 0 Å². The highest BCUT2D eigenvalue weighted by molar-refractivity contribution is 5.76. The molecular formula is C14H26N2O. The molecule has 0 aromatic rings. The second kappa shape index (κ2) is 5.85. The molecule has 1 heterocycles. The van der Waals surface area contributed by atoms with Gasteiger partial charge in [0, 0.05) is 12.5 Å². The summed E-state index contributed by atoms with van der Waals surface area (Å²) in [4.78, 5) is 11.9. The van der Waals surface area contributed by atoms with Crippen LogP contribution < -0.4 is 10.6 Å². The quantitative estimate of drug-likeness (QED) is 0.786. The van der Waals surface area contributed by atoms with E-state index in [1.165, 1.54) is 25.7 Å². The first kappa shape index (κ1) is 12.9. The Morgan fingerprint density at radius 3 is 2.82 bits per heavy atom. The molecule has 0 bridgehead atoms. The number of piperidine rings is 1. The van der Waals surface area contributed by atoms with Crippen molar-refractivity contribution in [3.63, 3.8) is 0 Å². The van der Waals surface area contributed by atoms with Gasteiger partial charge < -0.3 is 10.6 Å². The third kappa shape index (κ3) is 3.70. The van der Waals surface area contributed by atoms with Crippen LogP contribution in [0.3, 0.4) is 0 Å². The van der Waals surface area contributed by atoms with E-state index >= 15 is 0 Å². The number of amides is 1. The first-order chi connectivity index (χ1) is 8.15. The molecular weight excluding hydrogens is 212 g/mol. The van der Waals surface area contributed by atoms with Crippen LogP contribution in [0.1, 0.15) is 46.0 Å². The van der Waals surface area contributed by atoms with Gasteiger partial charge in [-0.1, -0.05) is 13.8 Å². The average Bonchev–Trinajstić information content (AvgIpc) is 2.28. The molecule has 2 aliphatic rings. The zero-order chi connectivity index (χ0) is 12.3. The number of carbonyl (C=O) groups is 1. The number of hydrogen-bond acceptors (Lipinski definition) is 2. The van der Waals surface area contributed by atoms with Crippen LogP contribution in [0.5, 0.6) is 0 Å². The van der Waals surface area contributed by atoms with Gasteiger partial charge in [0.15, 0.2) is 0 Å². The molecule has 1 amide bonds. The highest BCUT2D eigenvalue weighted by Crippen LogP contribution is 2.27. The molecule has 1 saturated carbocycles. The van der Waals surface area contributed by atoms with Crippen molar-refractivity contribution in [2.45, 2.75) is 52.0 Å². The van der Waals surface area contributed by atoms with Gasteiger partial charge in [0.1, 0.15) is 0 Å². The normalized spacial score (nSPS) is 34.8. The maximum Gasteiger partial charge on any atom is 0.220 e. The van der Waals surface area contributed by atoms with Crippen molar-refractivity contribution in [1.82, 2.24) is 10.6 Å². The number of carbonyl (C=O) groups excluding carboxylic acids is 1. The van der Waals surface area contributed by atoms with Gasteiger partial charge in [-0.2, -0.15) is 0 Å². The molecule has 2 fully saturated rings. The molecule has 0 aromatic carbocycles. The van der Waals surface area contributed by atoms with E-state index < -0.39 is 0 Å². The molecule has 0 spiro atoms. The van der Waals surface area contributed by atoms with Crippen LogP contribution in [0.4, 0.5) is 0 Å². The van der Waals surface area contributed by atoms with E-state index in [-0.39, 0.29) is 5.91 Å². The van der Waals surface area contributed by atoms with Crippen molar-refractivity contribution in [3.05, 3.63) is 0 Å². The highest BCUT2D eigenvalue weighted by Gasteiger charge is 2.28. The summed E-state index contributed by atoms with van der Waals surface area (Å²) in [5.74, 6) is 2.27. The Kier molecular flexibility index (Phi) is 4.43. The summed E-state index contributed by atoms with van der Waals surface area (Å²) in [6.07, 6.45) is 5.59. The minimum Gasteiger partial charge on any atom is -0.353 e. The molecule has 0 radical (unpaired) electrons. The fourth-order valence-corrected chi connectivity index (χ4v) is 3.13. The van der Waals surface area contributed by atoms with Gasteiger partial charge in [0.05, 0.1) is 0 Å². The van der Waals surface area contributed by atoms with Crippen LogP contribution in [-0.4, -0.2) is 25.0 Å². The van der Waals surface area contributed by atoms with Crippen molar-refractivity contribution in [1.29, 1.82) is 0 Å². The van der Waals surface area contributed by atoms with Crippen molar-refractivity contribution >= 4 is 5.91 Å². The van der Waals surface area contributed by atoms with E-state index in [2.05, 4.69) is 24.5 Å². The second-order valence-corrected chi connectivity index (χ2v) is 6.13. The first-order valence-corrected chi connectivity index (χ1v) is 7.15. The third-order valence-corrected chi connectivity index (χ3v) is 4.39. The second-order valence-electron chi connectivity index (χ2n) is 6.13. The van der Waals surface area contributed by atoms with Gasteiger partial charge in [-0.25, -0.2) is 0 Å². The van der Waals surface area contributed by atoms with Gasteiger partial charge in [-0.05, 0) is 56.5 Å². The minimum absolute atomic E-state index is 0.264. The molecule has 1 aliphatic heterocycles. The van der Waals surface area contributed by atoms with E-state index in [9.17, 15) is 4.79 Å². The SMILES string of the molecule is CC1CC(NC(=O)CC(C)C2CCCNC2)C1. The fourth-order valence-electron chi connectivity index (χ4n) is 3.13. The van der Waals surface area contributed by atoms with Crippen molar-refractivity contribution in [2.24, 2.45) is 17.8 Å². The van der Waals surface area contributed by atoms with Crippen molar-refractivity contribution in [2.75, 3.05) is 13.1 Å². The summed E-state index contributed by atoms with van der Waals surface area (Å²) >= 11 is 0. The van der Waals surface area contributed by atoms with E-state index in [1.54, 1.807) is 0 Å². The smallest absolute Gasteiger partial charge is 0.220 e. The zero-order valence-electron chi connectivity index (χ0n) is 11.2. The molecule has 2 atom stereocenters. The standard InChI is InChI=1S/C14H26N2O/c1-10-6-13(7-10)16-14(17)8-11(2)12-4-3-5-15-9-12/h10-13,15H,3-9H2,1-2H3,(H,16,17). The third-order valence-electron chi connectivity index (χ3n) is 4.39. The van der Waals surface area contributed by atoms with Gasteiger partial charge in [-0.15, -0.1) is 0 Å². The lowest BCUT2D eigenvalue weighted by molar-refractivity contribution is -0.123. The Hall–Kier alpha value is -0.570. The molecule has 3 heteroatoms. The maximum absolute atomic E-state index is 11.9. The lowest BCUT2D eigenvalue weighted by Gasteiger charge is -2.34. The topological polar surface area (TPSA) is 41.1 Å². The Labute approximate surface area is 105 Å². The van der Waals surface area contributed by atoms with E-state index in [1.807, 2.05) is 0 Å². The number of rotatable bonds is 4. The average molecular weight is 238 g/mol. The molecule has 1 saturated heterocycles. The molecule has 17 heavy (non-hydrogen) atoms. The maximum atomic E-state index is 11.9. The van der Waals surface area contributed by atoms with Crippen LogP contribution in [0, 0.1) is 17.8 Å². The largest absolute Gasteiger partial charge is 0.353 e. The number of hydrogen-bond donors (Lipinski definition) is 2. The van der Waals surface area contributed by atoms with Crippen LogP contribution in [0.15, 0.2) is 0 Å². The van der Waals surface area contributed by atoms with E-state index in [0.717, 1.165) is 19.0 Å². The highest BCUT2D eigenvalue weighted by atomic mass is 16.1. The van der Waals surface area contributed by atoms with Gasteiger partial charge in [0.25, 0.3) is 0 Å². The van der Waals surface area contributed by atoms with Crippen molar-refractivity contribution in [3.8, 4) is 0 Å². The minimum atomic E-state index is 0.264. The summed E-state index contributed by atoms with van der Waals surface area (Å²) in [7, 11) is 0. The monoisotopic (exact) mass is 238 g/mol. The van der Waals surface area contributed by atoms with Gasteiger partial charge in [-0.3, -0.25) is 4.79 Å². The summed E-state index contributed by atoms with van der Waals surface area (Å²) in [6.45, 7) is 6.71. The van der Waals surface area contributed by atoms with Gasteiger partial charge in [0.2, 0.25) is 5.91 Å². The lowest BCUT2D eigenvalue weighted by Crippen LogP contribution is -2.44. The molecule has 2 unspecified atom stereocenters. The van der Waals surface area contributed by atoms with Crippen molar-refractivity contribution < 1.29 is 4.79 Å². The Balaban J connectivity index is 1.66. The van der Waals surface area contributed by atoms with E-state index in [0.29, 0.717) is 24.3 Å². The Morgan fingerprint density at radius 1 is 1.47 bits per heavy atom. The summed E-state index contributed by atoms with van der Waals surface area (Å²) < 4.78 is 0. The summed E-state index contributed by atoms with van der Waals surface area (Å²) in [5.41, 5.74) is 0. The summed E-state index contributed by atoms with van der Waals surface area (Å²) in [5, 5.41) is 6.58. The number of nitrogens with one attached hydrogen (secondary N) is 2. The van der Waals surface area contributed by atoms with Crippen LogP contribution in [0.2, 0.25) is 0 Å². The Bertz CT molecular complexity index is 255. The predicted molar refractivity (Wildman–Crippen MR) is 69.7 cm³/mol. The molecule has 2 N–H and O–H groups in total. The molecule has 3 nitrogen and oxygen atoms in total. The summed E-state index contributed by atoms with van der Waals surface area (Å²) in [6, 6.07) is 0.467. The van der Waals surface area contributed by atoms with Gasteiger partial charge >= 0.3 is 0 Å².